The molecule has 0 fully saturated rings. The number of aromatic nitrogens is 2. The van der Waals surface area contributed by atoms with E-state index in [1.807, 2.05) is 36.4 Å². The highest BCUT2D eigenvalue weighted by Crippen LogP contribution is 2.22. The van der Waals surface area contributed by atoms with E-state index in [9.17, 15) is 4.79 Å². The summed E-state index contributed by atoms with van der Waals surface area (Å²) in [5.41, 5.74) is 7.73. The molecule has 4 heteroatoms. The molecule has 0 bridgehead atoms. The van der Waals surface area contributed by atoms with Crippen molar-refractivity contribution in [2.75, 3.05) is 5.73 Å². The highest BCUT2D eigenvalue weighted by molar-refractivity contribution is 5.81. The third kappa shape index (κ3) is 1.64. The summed E-state index contributed by atoms with van der Waals surface area (Å²) in [5.74, 6) is 0.497. The van der Waals surface area contributed by atoms with Gasteiger partial charge in [0.05, 0.1) is 10.9 Å². The molecule has 88 valence electrons. The van der Waals surface area contributed by atoms with Gasteiger partial charge in [0.1, 0.15) is 5.82 Å². The van der Waals surface area contributed by atoms with E-state index in [1.54, 1.807) is 12.1 Å². The lowest BCUT2D eigenvalue weighted by Gasteiger charge is -2.05. The zero-order valence-corrected chi connectivity index (χ0v) is 9.55. The zero-order chi connectivity index (χ0) is 12.5. The largest absolute Gasteiger partial charge is 0.398 e. The summed E-state index contributed by atoms with van der Waals surface area (Å²) < 4.78 is 0. The van der Waals surface area contributed by atoms with Gasteiger partial charge in [-0.1, -0.05) is 24.3 Å². The van der Waals surface area contributed by atoms with Gasteiger partial charge >= 0.3 is 0 Å². The van der Waals surface area contributed by atoms with Crippen molar-refractivity contribution < 1.29 is 0 Å². The number of para-hydroxylation sites is 2. The summed E-state index contributed by atoms with van der Waals surface area (Å²) in [4.78, 5) is 19.1. The van der Waals surface area contributed by atoms with Gasteiger partial charge in [-0.2, -0.15) is 0 Å². The normalized spacial score (nSPS) is 10.7. The molecule has 3 N–H and O–H groups in total. The molecule has 0 radical (unpaired) electrons. The minimum atomic E-state index is -0.154. The first kappa shape index (κ1) is 10.5. The molecular weight excluding hydrogens is 226 g/mol. The van der Waals surface area contributed by atoms with Crippen LogP contribution in [-0.4, -0.2) is 9.97 Å². The van der Waals surface area contributed by atoms with Crippen LogP contribution in [0.5, 0.6) is 0 Å². The first-order chi connectivity index (χ1) is 8.75. The second-order valence-electron chi connectivity index (χ2n) is 4.02. The Morgan fingerprint density at radius 1 is 1.00 bits per heavy atom. The van der Waals surface area contributed by atoms with Crippen molar-refractivity contribution in [2.45, 2.75) is 0 Å². The monoisotopic (exact) mass is 237 g/mol. The number of nitrogens with one attached hydrogen (secondary N) is 1. The lowest BCUT2D eigenvalue weighted by atomic mass is 10.1. The summed E-state index contributed by atoms with van der Waals surface area (Å²) in [7, 11) is 0. The minimum Gasteiger partial charge on any atom is -0.398 e. The van der Waals surface area contributed by atoms with E-state index in [0.29, 0.717) is 22.4 Å². The van der Waals surface area contributed by atoms with Crippen LogP contribution in [0.3, 0.4) is 0 Å². The predicted molar refractivity (Wildman–Crippen MR) is 72.2 cm³/mol. The third-order valence-electron chi connectivity index (χ3n) is 2.83. The number of hydrogen-bond donors (Lipinski definition) is 2. The molecule has 0 unspecified atom stereocenters. The van der Waals surface area contributed by atoms with Gasteiger partial charge in [-0.15, -0.1) is 0 Å². The highest BCUT2D eigenvalue weighted by Gasteiger charge is 2.07. The maximum absolute atomic E-state index is 11.9. The molecule has 4 nitrogen and oxygen atoms in total. The van der Waals surface area contributed by atoms with Crippen molar-refractivity contribution >= 4 is 16.6 Å². The fourth-order valence-electron chi connectivity index (χ4n) is 1.93. The van der Waals surface area contributed by atoms with Crippen LogP contribution in [-0.2, 0) is 0 Å². The van der Waals surface area contributed by atoms with Crippen LogP contribution in [0.1, 0.15) is 0 Å². The second-order valence-corrected chi connectivity index (χ2v) is 4.02. The fourth-order valence-corrected chi connectivity index (χ4v) is 1.93. The summed E-state index contributed by atoms with van der Waals surface area (Å²) in [6.07, 6.45) is 0. The molecule has 18 heavy (non-hydrogen) atoms. The van der Waals surface area contributed by atoms with Crippen LogP contribution >= 0.6 is 0 Å². The number of fused-ring (bicyclic) bond motifs is 1. The molecule has 1 aromatic heterocycles. The van der Waals surface area contributed by atoms with E-state index < -0.39 is 0 Å². The minimum absolute atomic E-state index is 0.154. The molecule has 0 saturated heterocycles. The maximum atomic E-state index is 11.9. The predicted octanol–water partition coefficient (Wildman–Crippen LogP) is 2.17. The Morgan fingerprint density at radius 2 is 1.72 bits per heavy atom. The molecule has 3 aromatic rings. The van der Waals surface area contributed by atoms with Gasteiger partial charge in [0, 0.05) is 11.3 Å². The average molecular weight is 237 g/mol. The van der Waals surface area contributed by atoms with Crippen molar-refractivity contribution in [2.24, 2.45) is 0 Å². The number of benzene rings is 2. The molecule has 0 aliphatic heterocycles. The first-order valence-corrected chi connectivity index (χ1v) is 5.59. The van der Waals surface area contributed by atoms with Gasteiger partial charge in [0.15, 0.2) is 0 Å². The van der Waals surface area contributed by atoms with Crippen LogP contribution < -0.4 is 11.3 Å². The molecule has 0 aliphatic rings. The standard InChI is InChI=1S/C14H11N3O/c15-11-7-3-1-5-9(11)13-16-12-8-4-2-6-10(12)14(18)17-13/h1-8H,15H2,(H,16,17,18). The number of H-pyrrole nitrogens is 1. The van der Waals surface area contributed by atoms with Crippen molar-refractivity contribution in [3.05, 3.63) is 58.9 Å². The lowest BCUT2D eigenvalue weighted by molar-refractivity contribution is 1.18. The van der Waals surface area contributed by atoms with Crippen LogP contribution in [0.2, 0.25) is 0 Å². The molecule has 2 aromatic carbocycles. The van der Waals surface area contributed by atoms with E-state index in [2.05, 4.69) is 9.97 Å². The van der Waals surface area contributed by atoms with Crippen molar-refractivity contribution in [1.82, 2.24) is 9.97 Å². The number of anilines is 1. The summed E-state index contributed by atoms with van der Waals surface area (Å²) in [6.45, 7) is 0. The second kappa shape index (κ2) is 4.00. The Bertz CT molecular complexity index is 777. The highest BCUT2D eigenvalue weighted by atomic mass is 16.1. The summed E-state index contributed by atoms with van der Waals surface area (Å²) in [5, 5.41) is 0.579. The molecule has 0 atom stereocenters. The lowest BCUT2D eigenvalue weighted by Crippen LogP contribution is -2.09. The van der Waals surface area contributed by atoms with E-state index in [-0.39, 0.29) is 5.56 Å². The van der Waals surface area contributed by atoms with Gasteiger partial charge in [0.2, 0.25) is 0 Å². The van der Waals surface area contributed by atoms with Crippen LogP contribution in [0, 0.1) is 0 Å². The molecule has 1 heterocycles. The molecule has 0 aliphatic carbocycles. The van der Waals surface area contributed by atoms with Crippen molar-refractivity contribution in [3.63, 3.8) is 0 Å². The molecule has 0 amide bonds. The number of nitrogen functional groups attached to an aromatic ring is 1. The Morgan fingerprint density at radius 3 is 2.56 bits per heavy atom. The van der Waals surface area contributed by atoms with Gasteiger partial charge in [-0.3, -0.25) is 4.79 Å². The number of nitrogens with zero attached hydrogens (tertiary/aromatic N) is 1. The van der Waals surface area contributed by atoms with E-state index >= 15 is 0 Å². The number of hydrogen-bond acceptors (Lipinski definition) is 3. The maximum Gasteiger partial charge on any atom is 0.259 e. The molecular formula is C14H11N3O. The van der Waals surface area contributed by atoms with Crippen molar-refractivity contribution in [1.29, 1.82) is 0 Å². The Hall–Kier alpha value is -2.62. The first-order valence-electron chi connectivity index (χ1n) is 5.59. The van der Waals surface area contributed by atoms with Gasteiger partial charge in [0.25, 0.3) is 5.56 Å². The SMILES string of the molecule is Nc1ccccc1-c1nc2ccccc2c(=O)[nH]1. The topological polar surface area (TPSA) is 71.8 Å². The van der Waals surface area contributed by atoms with Gasteiger partial charge in [-0.25, -0.2) is 4.98 Å². The summed E-state index contributed by atoms with van der Waals surface area (Å²) >= 11 is 0. The molecule has 0 spiro atoms. The van der Waals surface area contributed by atoms with Gasteiger partial charge in [-0.05, 0) is 24.3 Å². The van der Waals surface area contributed by atoms with Crippen LogP contribution in [0.15, 0.2) is 53.3 Å². The molecule has 0 saturated carbocycles. The number of aromatic amines is 1. The Kier molecular flexibility index (Phi) is 2.34. The van der Waals surface area contributed by atoms with Crippen molar-refractivity contribution in [3.8, 4) is 11.4 Å². The van der Waals surface area contributed by atoms with E-state index in [1.165, 1.54) is 0 Å². The zero-order valence-electron chi connectivity index (χ0n) is 9.55. The summed E-state index contributed by atoms with van der Waals surface area (Å²) in [6, 6.07) is 14.6. The number of nitrogens with two attached hydrogens (primary N) is 1. The Labute approximate surface area is 103 Å². The average Bonchev–Trinajstić information content (AvgIpc) is 2.39. The molecule has 3 rings (SSSR count). The quantitative estimate of drug-likeness (QED) is 0.637. The third-order valence-corrected chi connectivity index (χ3v) is 2.83. The van der Waals surface area contributed by atoms with E-state index in [4.69, 9.17) is 5.73 Å². The fraction of sp³-hybridized carbons (Fsp3) is 0. The van der Waals surface area contributed by atoms with E-state index in [0.717, 1.165) is 5.56 Å². The van der Waals surface area contributed by atoms with Gasteiger partial charge < -0.3 is 10.7 Å². The Balaban J connectivity index is 2.32. The smallest absolute Gasteiger partial charge is 0.259 e. The van der Waals surface area contributed by atoms with Crippen LogP contribution in [0.25, 0.3) is 22.3 Å². The number of rotatable bonds is 1. The van der Waals surface area contributed by atoms with Crippen LogP contribution in [0.4, 0.5) is 5.69 Å².